The van der Waals surface area contributed by atoms with Crippen molar-refractivity contribution in [3.8, 4) is 0 Å². The molecule has 424 valence electrons. The third kappa shape index (κ3) is 10.1. The third-order valence-corrected chi connectivity index (χ3v) is 19.2. The Labute approximate surface area is 430 Å². The molecule has 5 heterocycles. The predicted molar refractivity (Wildman–Crippen MR) is 250 cm³/mol. The first-order valence-corrected chi connectivity index (χ1v) is 26.6. The van der Waals surface area contributed by atoms with Gasteiger partial charge in [0.15, 0.2) is 30.9 Å². The quantitative estimate of drug-likeness (QED) is 0.0723. The number of fused-ring (bicyclic) bond motifs is 7. The fourth-order valence-electron chi connectivity index (χ4n) is 14.8. The molecule has 23 heteroatoms. The van der Waals surface area contributed by atoms with E-state index in [1.165, 1.54) is 12.5 Å². The van der Waals surface area contributed by atoms with E-state index in [0.717, 1.165) is 32.1 Å². The van der Waals surface area contributed by atoms with Crippen LogP contribution in [0.3, 0.4) is 0 Å². The van der Waals surface area contributed by atoms with E-state index >= 15 is 0 Å². The Morgan fingerprint density at radius 2 is 1.23 bits per heavy atom. The molecule has 23 nitrogen and oxygen atoms in total. The zero-order chi connectivity index (χ0) is 53.5. The molecule has 0 bridgehead atoms. The van der Waals surface area contributed by atoms with Gasteiger partial charge in [-0.25, -0.2) is 0 Å². The molecule has 0 aromatic rings. The monoisotopic (exact) mass is 1060 g/mol. The number of rotatable bonds is 15. The lowest BCUT2D eigenvalue weighted by molar-refractivity contribution is -0.389. The molecule has 22 unspecified atom stereocenters. The van der Waals surface area contributed by atoms with Gasteiger partial charge in [-0.15, -0.1) is 0 Å². The third-order valence-electron chi connectivity index (χ3n) is 19.2. The SMILES string of the molecule is C=C(CCC1(O)OC2CC3C4CC=C5C[C@@H](OC6OC(CO)C(OC7OC(CO)C(O)C(O)[C@@H]7O)C(O)[C@@H]6OC6OC(C)C(O)C(O)[C@@H]6O)CC[C@]5(C)C4CC[C@]3(C)C2[C@@H]1C)COC1OC(CO)C(O)C(O)[C@@H]1O. The summed E-state index contributed by atoms with van der Waals surface area (Å²) in [6, 6.07) is 0. The molecule has 5 saturated heterocycles. The highest BCUT2D eigenvalue weighted by molar-refractivity contribution is 5.26. The summed E-state index contributed by atoms with van der Waals surface area (Å²) in [6.07, 6.45) is -22.8. The van der Waals surface area contributed by atoms with Crippen LogP contribution >= 0.6 is 0 Å². The van der Waals surface area contributed by atoms with Crippen LogP contribution in [-0.4, -0.2) is 239 Å². The van der Waals surface area contributed by atoms with E-state index in [0.29, 0.717) is 42.6 Å². The van der Waals surface area contributed by atoms with Crippen molar-refractivity contribution in [2.75, 3.05) is 26.4 Å². The molecular weight excluding hydrogens is 981 g/mol. The molecule has 0 amide bonds. The maximum absolute atomic E-state index is 12.1. The van der Waals surface area contributed by atoms with Gasteiger partial charge in [0.2, 0.25) is 0 Å². The zero-order valence-corrected chi connectivity index (χ0v) is 42.5. The Kier molecular flexibility index (Phi) is 17.2. The second-order valence-electron chi connectivity index (χ2n) is 23.4. The summed E-state index contributed by atoms with van der Waals surface area (Å²) < 4.78 is 54.2. The Bertz CT molecular complexity index is 1960. The van der Waals surface area contributed by atoms with Crippen molar-refractivity contribution in [1.82, 2.24) is 0 Å². The number of aliphatic hydroxyl groups excluding tert-OH is 13. The van der Waals surface area contributed by atoms with Crippen LogP contribution in [0.5, 0.6) is 0 Å². The average molecular weight is 1060 g/mol. The van der Waals surface area contributed by atoms with Crippen LogP contribution in [0, 0.1) is 40.4 Å². The van der Waals surface area contributed by atoms with Gasteiger partial charge in [-0.2, -0.15) is 0 Å². The molecule has 3 saturated carbocycles. The molecule has 30 atom stereocenters. The van der Waals surface area contributed by atoms with Crippen LogP contribution in [-0.2, 0) is 42.6 Å². The molecule has 0 aromatic heterocycles. The van der Waals surface area contributed by atoms with E-state index in [9.17, 15) is 71.5 Å². The second kappa shape index (κ2) is 22.2. The van der Waals surface area contributed by atoms with Gasteiger partial charge in [-0.3, -0.25) is 0 Å². The van der Waals surface area contributed by atoms with Crippen molar-refractivity contribution in [3.63, 3.8) is 0 Å². The second-order valence-corrected chi connectivity index (χ2v) is 23.4. The van der Waals surface area contributed by atoms with Crippen molar-refractivity contribution in [3.05, 3.63) is 23.8 Å². The van der Waals surface area contributed by atoms with E-state index in [2.05, 4.69) is 33.4 Å². The van der Waals surface area contributed by atoms with Crippen molar-refractivity contribution in [1.29, 1.82) is 0 Å². The number of ether oxygens (including phenoxy) is 9. The maximum Gasteiger partial charge on any atom is 0.187 e. The first-order valence-electron chi connectivity index (χ1n) is 26.6. The van der Waals surface area contributed by atoms with Gasteiger partial charge in [0, 0.05) is 12.3 Å². The highest BCUT2D eigenvalue weighted by Crippen LogP contribution is 2.70. The number of allylic oxidation sites excluding steroid dienone is 1. The standard InChI is InChI=1S/C51H82O23/c1-20(19-66-45-39(61)37(59)34(56)29(16-52)69-45)8-13-51(65)21(2)32-28(74-51)15-27-25-7-6-23-14-24(9-11-49(23,4)26(25)10-12-50(27,32)5)68-48-44(73-46-40(62)36(58)33(55)22(3)67-46)42(64)43(31(18-54)71-48)72-47-41(63)38(60)35(57)30(17-53)70-47/h6,21-22,24-48,52-65H,1,7-19H2,2-5H3/t21-,22?,24-,25?,26?,27?,28?,29?,30?,31?,32?,33?,34?,35?,36?,37?,38?,39-,40-,41-,42?,43?,44-,45?,46?,47?,48?,49-,50-,51?/m0/s1. The largest absolute Gasteiger partial charge is 0.394 e. The van der Waals surface area contributed by atoms with E-state index in [1.54, 1.807) is 0 Å². The van der Waals surface area contributed by atoms with Gasteiger partial charge in [-0.05, 0) is 92.8 Å². The summed E-state index contributed by atoms with van der Waals surface area (Å²) in [4.78, 5) is 0. The van der Waals surface area contributed by atoms with Crippen LogP contribution in [0.4, 0.5) is 0 Å². The Morgan fingerprint density at radius 3 is 1.88 bits per heavy atom. The van der Waals surface area contributed by atoms with Crippen LogP contribution in [0.15, 0.2) is 23.8 Å². The molecule has 9 aliphatic rings. The first kappa shape index (κ1) is 57.3. The number of hydrogen-bond acceptors (Lipinski definition) is 23. The predicted octanol–water partition coefficient (Wildman–Crippen LogP) is -3.09. The van der Waals surface area contributed by atoms with E-state index < -0.39 is 155 Å². The van der Waals surface area contributed by atoms with Gasteiger partial charge in [0.05, 0.1) is 44.7 Å². The molecule has 14 N–H and O–H groups in total. The van der Waals surface area contributed by atoms with Gasteiger partial charge < -0.3 is 114 Å². The summed E-state index contributed by atoms with van der Waals surface area (Å²) in [5, 5.41) is 148. The minimum atomic E-state index is -1.86. The van der Waals surface area contributed by atoms with Gasteiger partial charge in [-0.1, -0.05) is 44.6 Å². The van der Waals surface area contributed by atoms with Crippen molar-refractivity contribution in [2.24, 2.45) is 40.4 Å². The summed E-state index contributed by atoms with van der Waals surface area (Å²) in [5.74, 6) is -0.401. The Balaban J connectivity index is 0.849. The van der Waals surface area contributed by atoms with E-state index in [-0.39, 0.29) is 41.8 Å². The average Bonchev–Trinajstić information content (AvgIpc) is 3.82. The van der Waals surface area contributed by atoms with Crippen molar-refractivity contribution >= 4 is 0 Å². The fraction of sp³-hybridized carbons (Fsp3) is 0.922. The highest BCUT2D eigenvalue weighted by Gasteiger charge is 2.68. The van der Waals surface area contributed by atoms with Crippen LogP contribution < -0.4 is 0 Å². The molecule has 0 spiro atoms. The maximum atomic E-state index is 12.1. The van der Waals surface area contributed by atoms with Gasteiger partial charge in [0.25, 0.3) is 0 Å². The molecule has 0 radical (unpaired) electrons. The molecule has 8 fully saturated rings. The molecular formula is C51H82O23. The fourth-order valence-corrected chi connectivity index (χ4v) is 14.8. The van der Waals surface area contributed by atoms with Crippen LogP contribution in [0.2, 0.25) is 0 Å². The van der Waals surface area contributed by atoms with E-state index in [1.807, 2.05) is 0 Å². The minimum absolute atomic E-state index is 0.0495. The normalized spacial score (nSPS) is 54.4. The Morgan fingerprint density at radius 1 is 0.649 bits per heavy atom. The van der Waals surface area contributed by atoms with Crippen LogP contribution in [0.25, 0.3) is 0 Å². The van der Waals surface area contributed by atoms with Crippen molar-refractivity contribution < 1.29 is 114 Å². The van der Waals surface area contributed by atoms with E-state index in [4.69, 9.17) is 42.6 Å². The lowest BCUT2D eigenvalue weighted by Gasteiger charge is -2.58. The molecule has 5 aliphatic heterocycles. The first-order chi connectivity index (χ1) is 35.0. The number of aliphatic hydroxyl groups is 14. The lowest BCUT2D eigenvalue weighted by Crippen LogP contribution is -2.67. The molecule has 74 heavy (non-hydrogen) atoms. The summed E-state index contributed by atoms with van der Waals surface area (Å²) in [6.45, 7) is 10.2. The smallest absolute Gasteiger partial charge is 0.187 e. The lowest BCUT2D eigenvalue weighted by atomic mass is 9.47. The molecule has 9 rings (SSSR count). The molecule has 0 aromatic carbocycles. The topological polar surface area (TPSA) is 366 Å². The minimum Gasteiger partial charge on any atom is -0.394 e. The summed E-state index contributed by atoms with van der Waals surface area (Å²) in [5.41, 5.74) is 1.59. The number of hydrogen-bond donors (Lipinski definition) is 14. The summed E-state index contributed by atoms with van der Waals surface area (Å²) in [7, 11) is 0. The van der Waals surface area contributed by atoms with Gasteiger partial charge >= 0.3 is 0 Å². The Hall–Kier alpha value is -1.44. The van der Waals surface area contributed by atoms with Gasteiger partial charge in [0.1, 0.15) is 91.6 Å². The van der Waals surface area contributed by atoms with Crippen molar-refractivity contribution in [2.45, 2.75) is 226 Å². The van der Waals surface area contributed by atoms with Crippen LogP contribution in [0.1, 0.15) is 85.5 Å². The molecule has 4 aliphatic carbocycles. The summed E-state index contributed by atoms with van der Waals surface area (Å²) >= 11 is 0. The highest BCUT2D eigenvalue weighted by atomic mass is 16.8. The zero-order valence-electron chi connectivity index (χ0n) is 42.5.